The topological polar surface area (TPSA) is 75.4 Å². The number of carboxylic acid groups (broad SMARTS) is 1. The standard InChI is InChI=1S/C15H23N3O3/c1-11(2)3-4-14(19)17-7-5-13(6-8-17)18-10-12(9-16-18)15(20)21/h9-11,13H,3-8H2,1-2H3,(H,20,21). The van der Waals surface area contributed by atoms with Crippen molar-refractivity contribution in [3.8, 4) is 0 Å². The molecule has 2 heterocycles. The van der Waals surface area contributed by atoms with Crippen molar-refractivity contribution >= 4 is 11.9 Å². The van der Waals surface area contributed by atoms with Gasteiger partial charge in [0.15, 0.2) is 0 Å². The highest BCUT2D eigenvalue weighted by Gasteiger charge is 2.24. The number of hydrogen-bond donors (Lipinski definition) is 1. The highest BCUT2D eigenvalue weighted by atomic mass is 16.4. The fraction of sp³-hybridized carbons (Fsp3) is 0.667. The summed E-state index contributed by atoms with van der Waals surface area (Å²) in [4.78, 5) is 24.8. The Kier molecular flexibility index (Phi) is 4.98. The first kappa shape index (κ1) is 15.5. The van der Waals surface area contributed by atoms with Gasteiger partial charge in [0.1, 0.15) is 0 Å². The van der Waals surface area contributed by atoms with Gasteiger partial charge in [-0.25, -0.2) is 4.79 Å². The SMILES string of the molecule is CC(C)CCC(=O)N1CCC(n2cc(C(=O)O)cn2)CC1. The molecule has 6 nitrogen and oxygen atoms in total. The van der Waals surface area contributed by atoms with Crippen molar-refractivity contribution in [2.75, 3.05) is 13.1 Å². The van der Waals surface area contributed by atoms with Gasteiger partial charge in [-0.15, -0.1) is 0 Å². The predicted octanol–water partition coefficient (Wildman–Crippen LogP) is 2.18. The summed E-state index contributed by atoms with van der Waals surface area (Å²) < 4.78 is 1.72. The molecule has 0 saturated carbocycles. The van der Waals surface area contributed by atoms with E-state index in [1.54, 1.807) is 10.9 Å². The molecule has 6 heteroatoms. The number of rotatable bonds is 5. The molecule has 116 valence electrons. The normalized spacial score (nSPS) is 16.4. The van der Waals surface area contributed by atoms with Crippen LogP contribution in [0, 0.1) is 5.92 Å². The smallest absolute Gasteiger partial charge is 0.338 e. The molecule has 1 amide bonds. The van der Waals surface area contributed by atoms with Crippen molar-refractivity contribution in [2.45, 2.75) is 45.6 Å². The van der Waals surface area contributed by atoms with Gasteiger partial charge >= 0.3 is 5.97 Å². The maximum atomic E-state index is 12.1. The second-order valence-corrected chi connectivity index (χ2v) is 6.06. The second-order valence-electron chi connectivity index (χ2n) is 6.06. The Morgan fingerprint density at radius 3 is 2.57 bits per heavy atom. The van der Waals surface area contributed by atoms with Crippen LogP contribution in [0.5, 0.6) is 0 Å². The molecular formula is C15H23N3O3. The van der Waals surface area contributed by atoms with Crippen molar-refractivity contribution < 1.29 is 14.7 Å². The highest BCUT2D eigenvalue weighted by Crippen LogP contribution is 2.23. The van der Waals surface area contributed by atoms with Gasteiger partial charge in [0.2, 0.25) is 5.91 Å². The number of carboxylic acids is 1. The van der Waals surface area contributed by atoms with Crippen LogP contribution >= 0.6 is 0 Å². The molecule has 0 aromatic carbocycles. The number of hydrogen-bond acceptors (Lipinski definition) is 3. The van der Waals surface area contributed by atoms with Gasteiger partial charge < -0.3 is 10.0 Å². The van der Waals surface area contributed by atoms with Crippen LogP contribution in [0.2, 0.25) is 0 Å². The average Bonchev–Trinajstić information content (AvgIpc) is 2.95. The summed E-state index contributed by atoms with van der Waals surface area (Å²) >= 11 is 0. The molecule has 1 aliphatic heterocycles. The molecule has 0 spiro atoms. The van der Waals surface area contributed by atoms with Gasteiger partial charge in [0, 0.05) is 25.7 Å². The Labute approximate surface area is 124 Å². The van der Waals surface area contributed by atoms with Crippen LogP contribution < -0.4 is 0 Å². The van der Waals surface area contributed by atoms with E-state index in [9.17, 15) is 9.59 Å². The molecule has 1 aromatic rings. The third kappa shape index (κ3) is 4.06. The molecule has 21 heavy (non-hydrogen) atoms. The minimum Gasteiger partial charge on any atom is -0.478 e. The Hall–Kier alpha value is -1.85. The average molecular weight is 293 g/mol. The lowest BCUT2D eigenvalue weighted by Gasteiger charge is -2.32. The second kappa shape index (κ2) is 6.74. The van der Waals surface area contributed by atoms with E-state index in [4.69, 9.17) is 5.11 Å². The van der Waals surface area contributed by atoms with Crippen molar-refractivity contribution in [1.82, 2.24) is 14.7 Å². The van der Waals surface area contributed by atoms with Gasteiger partial charge in [-0.1, -0.05) is 13.8 Å². The summed E-state index contributed by atoms with van der Waals surface area (Å²) in [6.45, 7) is 5.70. The highest BCUT2D eigenvalue weighted by molar-refractivity contribution is 5.86. The number of piperidine rings is 1. The Bertz CT molecular complexity index is 502. The van der Waals surface area contributed by atoms with Gasteiger partial charge in [-0.2, -0.15) is 5.10 Å². The lowest BCUT2D eigenvalue weighted by Crippen LogP contribution is -2.39. The van der Waals surface area contributed by atoms with Crippen LogP contribution in [-0.4, -0.2) is 44.8 Å². The van der Waals surface area contributed by atoms with E-state index in [-0.39, 0.29) is 17.5 Å². The summed E-state index contributed by atoms with van der Waals surface area (Å²) in [6.07, 6.45) is 6.15. The largest absolute Gasteiger partial charge is 0.478 e. The van der Waals surface area contributed by atoms with Crippen LogP contribution in [-0.2, 0) is 4.79 Å². The molecule has 1 aromatic heterocycles. The lowest BCUT2D eigenvalue weighted by atomic mass is 10.0. The summed E-state index contributed by atoms with van der Waals surface area (Å²) in [5.74, 6) is -0.179. The number of likely N-dealkylation sites (tertiary alicyclic amines) is 1. The number of aromatic nitrogens is 2. The van der Waals surface area contributed by atoms with E-state index in [0.717, 1.165) is 32.4 Å². The van der Waals surface area contributed by atoms with Crippen molar-refractivity contribution in [3.05, 3.63) is 18.0 Å². The van der Waals surface area contributed by atoms with Crippen LogP contribution in [0.4, 0.5) is 0 Å². The van der Waals surface area contributed by atoms with Crippen LogP contribution in [0.3, 0.4) is 0 Å². The van der Waals surface area contributed by atoms with Crippen molar-refractivity contribution in [1.29, 1.82) is 0 Å². The van der Waals surface area contributed by atoms with E-state index in [1.165, 1.54) is 6.20 Å². The number of amides is 1. The Morgan fingerprint density at radius 2 is 2.05 bits per heavy atom. The van der Waals surface area contributed by atoms with E-state index in [0.29, 0.717) is 12.3 Å². The summed E-state index contributed by atoms with van der Waals surface area (Å²) in [6, 6.07) is 0.187. The van der Waals surface area contributed by atoms with Gasteiger partial charge in [0.25, 0.3) is 0 Å². The summed E-state index contributed by atoms with van der Waals surface area (Å²) in [5.41, 5.74) is 0.213. The number of nitrogens with zero attached hydrogens (tertiary/aromatic N) is 3. The van der Waals surface area contributed by atoms with E-state index in [2.05, 4.69) is 18.9 Å². The summed E-state index contributed by atoms with van der Waals surface area (Å²) in [5, 5.41) is 13.0. The zero-order chi connectivity index (χ0) is 15.4. The molecule has 2 rings (SSSR count). The molecule has 1 N–H and O–H groups in total. The first-order valence-electron chi connectivity index (χ1n) is 7.52. The van der Waals surface area contributed by atoms with Gasteiger partial charge in [0.05, 0.1) is 17.8 Å². The fourth-order valence-electron chi connectivity index (χ4n) is 2.60. The molecule has 0 radical (unpaired) electrons. The maximum absolute atomic E-state index is 12.1. The van der Waals surface area contributed by atoms with E-state index < -0.39 is 5.97 Å². The van der Waals surface area contributed by atoms with Crippen LogP contribution in [0.25, 0.3) is 0 Å². The van der Waals surface area contributed by atoms with Crippen LogP contribution in [0.15, 0.2) is 12.4 Å². The third-order valence-corrected chi connectivity index (χ3v) is 3.98. The minimum atomic E-state index is -0.956. The molecule has 0 atom stereocenters. The Balaban J connectivity index is 1.85. The third-order valence-electron chi connectivity index (χ3n) is 3.98. The van der Waals surface area contributed by atoms with E-state index >= 15 is 0 Å². The molecule has 0 aliphatic carbocycles. The lowest BCUT2D eigenvalue weighted by molar-refractivity contribution is -0.132. The molecule has 1 saturated heterocycles. The molecular weight excluding hydrogens is 270 g/mol. The van der Waals surface area contributed by atoms with Crippen molar-refractivity contribution in [3.63, 3.8) is 0 Å². The summed E-state index contributed by atoms with van der Waals surface area (Å²) in [7, 11) is 0. The number of carbonyl (C=O) groups excluding carboxylic acids is 1. The number of carbonyl (C=O) groups is 2. The van der Waals surface area contributed by atoms with Gasteiger partial charge in [-0.05, 0) is 25.2 Å². The predicted molar refractivity (Wildman–Crippen MR) is 78.1 cm³/mol. The zero-order valence-electron chi connectivity index (χ0n) is 12.7. The van der Waals surface area contributed by atoms with E-state index in [1.807, 2.05) is 4.90 Å². The fourth-order valence-corrected chi connectivity index (χ4v) is 2.60. The molecule has 1 fully saturated rings. The molecule has 0 bridgehead atoms. The van der Waals surface area contributed by atoms with Crippen LogP contribution in [0.1, 0.15) is 55.9 Å². The maximum Gasteiger partial charge on any atom is 0.338 e. The Morgan fingerprint density at radius 1 is 1.38 bits per heavy atom. The first-order valence-corrected chi connectivity index (χ1v) is 7.52. The first-order chi connectivity index (χ1) is 9.97. The number of aromatic carboxylic acids is 1. The van der Waals surface area contributed by atoms with Gasteiger partial charge in [-0.3, -0.25) is 9.48 Å². The molecule has 0 unspecified atom stereocenters. The van der Waals surface area contributed by atoms with Crippen molar-refractivity contribution in [2.24, 2.45) is 5.92 Å². The minimum absolute atomic E-state index is 0.187. The molecule has 1 aliphatic rings. The quantitative estimate of drug-likeness (QED) is 0.903. The monoisotopic (exact) mass is 293 g/mol. The zero-order valence-corrected chi connectivity index (χ0v) is 12.7.